The first-order chi connectivity index (χ1) is 20.6. The first-order valence-electron chi connectivity index (χ1n) is 14.4. The van der Waals surface area contributed by atoms with Crippen molar-refractivity contribution in [1.82, 2.24) is 19.8 Å². The minimum atomic E-state index is -0.277. The molecule has 1 aromatic heterocycles. The zero-order valence-corrected chi connectivity index (χ0v) is 24.3. The Labute approximate surface area is 247 Å². The number of piperazine rings is 1. The van der Waals surface area contributed by atoms with Crippen molar-refractivity contribution in [2.45, 2.75) is 12.8 Å². The number of amides is 2. The number of ether oxygens (including phenoxy) is 2. The Morgan fingerprint density at radius 1 is 0.905 bits per heavy atom. The van der Waals surface area contributed by atoms with Crippen LogP contribution in [0.5, 0.6) is 11.5 Å². The largest absolute Gasteiger partial charge is 0.493 e. The van der Waals surface area contributed by atoms with Gasteiger partial charge in [0.05, 0.1) is 19.2 Å². The molecule has 1 saturated heterocycles. The van der Waals surface area contributed by atoms with E-state index in [0.29, 0.717) is 24.7 Å². The zero-order chi connectivity index (χ0) is 29.1. The van der Waals surface area contributed by atoms with E-state index in [4.69, 9.17) is 9.47 Å². The fourth-order valence-electron chi connectivity index (χ4n) is 4.91. The Hall–Kier alpha value is -4.41. The lowest BCUT2D eigenvalue weighted by atomic mass is 10.1. The standard InChI is InChI=1S/C32H39N7O3/c1-38-16-18-39(19-17-38)15-6-20-42-30-22-28-27(21-29(30)41-2)31(35-23-34-28)33-14-13-24-9-11-26(12-10-24)37-32(40)36-25-7-4-3-5-8-25/h3-5,7-12,21-23H,6,13-20H2,1-2H3,(H,33,34,35)(H2,36,37,40). The van der Waals surface area contributed by atoms with Crippen LogP contribution in [-0.2, 0) is 6.42 Å². The molecule has 42 heavy (non-hydrogen) atoms. The Balaban J connectivity index is 1.12. The minimum absolute atomic E-state index is 0.277. The van der Waals surface area contributed by atoms with E-state index in [2.05, 4.69) is 42.8 Å². The van der Waals surface area contributed by atoms with Gasteiger partial charge >= 0.3 is 6.03 Å². The summed E-state index contributed by atoms with van der Waals surface area (Å²) in [6.07, 6.45) is 3.31. The number of nitrogens with one attached hydrogen (secondary N) is 3. The van der Waals surface area contributed by atoms with Crippen LogP contribution in [0.3, 0.4) is 0 Å². The third kappa shape index (κ3) is 8.08. The minimum Gasteiger partial charge on any atom is -0.493 e. The van der Waals surface area contributed by atoms with Crippen molar-refractivity contribution in [2.24, 2.45) is 0 Å². The lowest BCUT2D eigenvalue weighted by Gasteiger charge is -2.32. The summed E-state index contributed by atoms with van der Waals surface area (Å²) in [5.41, 5.74) is 3.41. The monoisotopic (exact) mass is 569 g/mol. The number of rotatable bonds is 12. The predicted octanol–water partition coefficient (Wildman–Crippen LogP) is 4.95. The molecule has 3 aromatic carbocycles. The van der Waals surface area contributed by atoms with Crippen molar-refractivity contribution >= 4 is 34.1 Å². The third-order valence-electron chi connectivity index (χ3n) is 7.34. The normalized spacial score (nSPS) is 14.0. The van der Waals surface area contributed by atoms with Crippen molar-refractivity contribution in [3.63, 3.8) is 0 Å². The van der Waals surface area contributed by atoms with Gasteiger partial charge in [-0.15, -0.1) is 0 Å². The fraction of sp³-hybridized carbons (Fsp3) is 0.344. The van der Waals surface area contributed by atoms with Crippen molar-refractivity contribution in [3.8, 4) is 11.5 Å². The molecular formula is C32H39N7O3. The third-order valence-corrected chi connectivity index (χ3v) is 7.34. The summed E-state index contributed by atoms with van der Waals surface area (Å²) in [5.74, 6) is 2.11. The maximum atomic E-state index is 12.2. The van der Waals surface area contributed by atoms with Crippen LogP contribution in [0.15, 0.2) is 73.1 Å². The van der Waals surface area contributed by atoms with Crippen LogP contribution in [0, 0.1) is 0 Å². The van der Waals surface area contributed by atoms with Gasteiger partial charge in [0.25, 0.3) is 0 Å². The predicted molar refractivity (Wildman–Crippen MR) is 168 cm³/mol. The molecule has 1 fully saturated rings. The number of carbonyl (C=O) groups is 1. The number of fused-ring (bicyclic) bond motifs is 1. The summed E-state index contributed by atoms with van der Waals surface area (Å²) in [6.45, 7) is 6.79. The number of aromatic nitrogens is 2. The fourth-order valence-corrected chi connectivity index (χ4v) is 4.91. The van der Waals surface area contributed by atoms with E-state index in [1.807, 2.05) is 66.7 Å². The number of nitrogens with zero attached hydrogens (tertiary/aromatic N) is 4. The topological polar surface area (TPSA) is 104 Å². The van der Waals surface area contributed by atoms with Crippen LogP contribution < -0.4 is 25.4 Å². The van der Waals surface area contributed by atoms with Gasteiger partial charge < -0.3 is 35.2 Å². The van der Waals surface area contributed by atoms with Gasteiger partial charge in [0, 0.05) is 62.1 Å². The Kier molecular flexibility index (Phi) is 10.0. The number of anilines is 3. The highest BCUT2D eigenvalue weighted by Gasteiger charge is 2.14. The van der Waals surface area contributed by atoms with Gasteiger partial charge in [-0.05, 0) is 55.8 Å². The SMILES string of the molecule is COc1cc2c(NCCc3ccc(NC(=O)Nc4ccccc4)cc3)ncnc2cc1OCCCN1CCN(C)CC1. The van der Waals surface area contributed by atoms with Gasteiger partial charge in [-0.3, -0.25) is 0 Å². The molecule has 0 radical (unpaired) electrons. The van der Waals surface area contributed by atoms with E-state index in [1.54, 1.807) is 13.4 Å². The summed E-state index contributed by atoms with van der Waals surface area (Å²) >= 11 is 0. The molecule has 1 aliphatic rings. The average Bonchev–Trinajstić information content (AvgIpc) is 3.01. The van der Waals surface area contributed by atoms with Gasteiger partial charge in [0.2, 0.25) is 0 Å². The molecule has 3 N–H and O–H groups in total. The smallest absolute Gasteiger partial charge is 0.323 e. The summed E-state index contributed by atoms with van der Waals surface area (Å²) < 4.78 is 11.8. The summed E-state index contributed by atoms with van der Waals surface area (Å²) in [7, 11) is 3.82. The Morgan fingerprint density at radius 3 is 2.38 bits per heavy atom. The van der Waals surface area contributed by atoms with E-state index in [1.165, 1.54) is 0 Å². The van der Waals surface area contributed by atoms with E-state index >= 15 is 0 Å². The molecular weight excluding hydrogens is 530 g/mol. The highest BCUT2D eigenvalue weighted by Crippen LogP contribution is 2.34. The Morgan fingerprint density at radius 2 is 1.64 bits per heavy atom. The van der Waals surface area contributed by atoms with Crippen molar-refractivity contribution in [1.29, 1.82) is 0 Å². The molecule has 0 atom stereocenters. The molecule has 0 spiro atoms. The maximum absolute atomic E-state index is 12.2. The molecule has 10 heteroatoms. The van der Waals surface area contributed by atoms with Crippen molar-refractivity contribution in [2.75, 3.05) is 76.0 Å². The summed E-state index contributed by atoms with van der Waals surface area (Å²) in [4.78, 5) is 26.0. The number of urea groups is 1. The first kappa shape index (κ1) is 29.1. The van der Waals surface area contributed by atoms with E-state index in [9.17, 15) is 4.79 Å². The summed E-state index contributed by atoms with van der Waals surface area (Å²) in [5, 5.41) is 9.99. The Bertz CT molecular complexity index is 1440. The molecule has 0 unspecified atom stereocenters. The number of methoxy groups -OCH3 is 1. The van der Waals surface area contributed by atoms with E-state index in [0.717, 1.165) is 79.2 Å². The maximum Gasteiger partial charge on any atom is 0.323 e. The number of hydrogen-bond acceptors (Lipinski definition) is 8. The van der Waals surface area contributed by atoms with Crippen LogP contribution in [0.25, 0.3) is 10.9 Å². The van der Waals surface area contributed by atoms with Crippen LogP contribution in [0.1, 0.15) is 12.0 Å². The van der Waals surface area contributed by atoms with E-state index < -0.39 is 0 Å². The molecule has 0 aliphatic carbocycles. The van der Waals surface area contributed by atoms with Gasteiger partial charge in [0.15, 0.2) is 11.5 Å². The van der Waals surface area contributed by atoms with E-state index in [-0.39, 0.29) is 6.03 Å². The zero-order valence-electron chi connectivity index (χ0n) is 24.3. The molecule has 2 heterocycles. The van der Waals surface area contributed by atoms with Gasteiger partial charge in [-0.2, -0.15) is 0 Å². The molecule has 220 valence electrons. The summed E-state index contributed by atoms with van der Waals surface area (Å²) in [6, 6.07) is 20.8. The lowest BCUT2D eigenvalue weighted by molar-refractivity contribution is 0.145. The van der Waals surface area contributed by atoms with Gasteiger partial charge in [-0.1, -0.05) is 30.3 Å². The van der Waals surface area contributed by atoms with Crippen LogP contribution >= 0.6 is 0 Å². The number of para-hydroxylation sites is 1. The average molecular weight is 570 g/mol. The van der Waals surface area contributed by atoms with Gasteiger partial charge in [0.1, 0.15) is 12.1 Å². The highest BCUT2D eigenvalue weighted by molar-refractivity contribution is 5.99. The molecule has 2 amide bonds. The lowest BCUT2D eigenvalue weighted by Crippen LogP contribution is -2.44. The number of hydrogen-bond donors (Lipinski definition) is 3. The second-order valence-electron chi connectivity index (χ2n) is 10.4. The second kappa shape index (κ2) is 14.5. The first-order valence-corrected chi connectivity index (χ1v) is 14.4. The molecule has 4 aromatic rings. The van der Waals surface area contributed by atoms with Crippen molar-refractivity contribution in [3.05, 3.63) is 78.6 Å². The van der Waals surface area contributed by atoms with Crippen LogP contribution in [-0.4, -0.2) is 85.8 Å². The molecule has 10 nitrogen and oxygen atoms in total. The van der Waals surface area contributed by atoms with Crippen LogP contribution in [0.4, 0.5) is 22.0 Å². The quantitative estimate of drug-likeness (QED) is 0.206. The molecule has 1 aliphatic heterocycles. The number of benzene rings is 3. The molecule has 0 saturated carbocycles. The molecule has 5 rings (SSSR count). The second-order valence-corrected chi connectivity index (χ2v) is 10.4. The van der Waals surface area contributed by atoms with Crippen molar-refractivity contribution < 1.29 is 14.3 Å². The van der Waals surface area contributed by atoms with Gasteiger partial charge in [-0.25, -0.2) is 14.8 Å². The highest BCUT2D eigenvalue weighted by atomic mass is 16.5. The molecule has 0 bridgehead atoms. The van der Waals surface area contributed by atoms with Crippen LogP contribution in [0.2, 0.25) is 0 Å². The number of likely N-dealkylation sites (N-methyl/N-ethyl adjacent to an activating group) is 1. The number of carbonyl (C=O) groups excluding carboxylic acids is 1.